The van der Waals surface area contributed by atoms with Crippen LogP contribution in [-0.2, 0) is 6.61 Å². The zero-order chi connectivity index (χ0) is 21.0. The van der Waals surface area contributed by atoms with Crippen molar-refractivity contribution in [3.63, 3.8) is 0 Å². The van der Waals surface area contributed by atoms with E-state index in [-0.39, 0.29) is 23.4 Å². The van der Waals surface area contributed by atoms with Crippen LogP contribution in [0.3, 0.4) is 0 Å². The molecule has 2 aromatic carbocycles. The first kappa shape index (κ1) is 20.0. The number of aliphatic hydroxyl groups excluding tert-OH is 1. The van der Waals surface area contributed by atoms with Gasteiger partial charge in [0.1, 0.15) is 5.82 Å². The summed E-state index contributed by atoms with van der Waals surface area (Å²) in [6, 6.07) is 12.5. The summed E-state index contributed by atoms with van der Waals surface area (Å²) in [5, 5.41) is 39.1. The van der Waals surface area contributed by atoms with Crippen LogP contribution in [0.5, 0.6) is 0 Å². The lowest BCUT2D eigenvalue weighted by molar-refractivity contribution is -0.392. The number of nitrogens with one attached hydrogen (secondary N) is 2. The Bertz CT molecular complexity index is 1090. The lowest BCUT2D eigenvalue weighted by atomic mass is 10.0. The Kier molecular flexibility index (Phi) is 5.84. The number of aliphatic hydroxyl groups is 1. The van der Waals surface area contributed by atoms with Crippen LogP contribution in [0, 0.1) is 27.2 Å². The van der Waals surface area contributed by atoms with E-state index in [9.17, 15) is 25.3 Å². The second-order valence-electron chi connectivity index (χ2n) is 6.32. The van der Waals surface area contributed by atoms with E-state index in [1.807, 2.05) is 36.4 Å². The molecule has 0 radical (unpaired) electrons. The molecule has 3 aromatic rings. The summed E-state index contributed by atoms with van der Waals surface area (Å²) in [7, 11) is 0. The minimum Gasteiger partial charge on any atom is -0.392 e. The molecular formula is C19H19N5O5. The Labute approximate surface area is 165 Å². The maximum atomic E-state index is 11.5. The third-order valence-electron chi connectivity index (χ3n) is 4.52. The number of para-hydroxylation sites is 1. The summed E-state index contributed by atoms with van der Waals surface area (Å²) in [6.07, 6.45) is 0. The van der Waals surface area contributed by atoms with E-state index in [1.54, 1.807) is 0 Å². The van der Waals surface area contributed by atoms with Gasteiger partial charge in [0.05, 0.1) is 22.0 Å². The first-order valence-electron chi connectivity index (χ1n) is 8.82. The van der Waals surface area contributed by atoms with Crippen LogP contribution in [0.4, 0.5) is 22.9 Å². The van der Waals surface area contributed by atoms with Gasteiger partial charge in [0.25, 0.3) is 5.69 Å². The molecule has 0 aliphatic carbocycles. The zero-order valence-corrected chi connectivity index (χ0v) is 15.6. The van der Waals surface area contributed by atoms with Crippen LogP contribution in [0.1, 0.15) is 11.1 Å². The van der Waals surface area contributed by atoms with Crippen molar-refractivity contribution in [2.24, 2.45) is 0 Å². The van der Waals surface area contributed by atoms with Gasteiger partial charge in [0.2, 0.25) is 0 Å². The molecule has 0 atom stereocenters. The Morgan fingerprint density at radius 1 is 1.03 bits per heavy atom. The Balaban J connectivity index is 1.77. The molecule has 10 heteroatoms. The predicted molar refractivity (Wildman–Crippen MR) is 109 cm³/mol. The van der Waals surface area contributed by atoms with Crippen LogP contribution in [-0.4, -0.2) is 33.0 Å². The summed E-state index contributed by atoms with van der Waals surface area (Å²) >= 11 is 0. The van der Waals surface area contributed by atoms with Gasteiger partial charge in [-0.1, -0.05) is 18.2 Å². The van der Waals surface area contributed by atoms with Crippen LogP contribution in [0.2, 0.25) is 0 Å². The van der Waals surface area contributed by atoms with Crippen molar-refractivity contribution in [1.29, 1.82) is 0 Å². The van der Waals surface area contributed by atoms with Crippen molar-refractivity contribution in [3.05, 3.63) is 73.8 Å². The number of fused-ring (bicyclic) bond motifs is 1. The number of nitro groups is 2. The normalized spacial score (nSPS) is 10.7. The molecule has 3 rings (SSSR count). The van der Waals surface area contributed by atoms with Crippen LogP contribution < -0.4 is 10.6 Å². The summed E-state index contributed by atoms with van der Waals surface area (Å²) < 4.78 is 0. The molecule has 0 aliphatic heterocycles. The molecule has 0 amide bonds. The number of hydrogen-bond donors (Lipinski definition) is 3. The van der Waals surface area contributed by atoms with E-state index in [1.165, 1.54) is 6.92 Å². The molecule has 1 heterocycles. The molecule has 0 fully saturated rings. The summed E-state index contributed by atoms with van der Waals surface area (Å²) in [4.78, 5) is 26.0. The molecule has 0 saturated carbocycles. The zero-order valence-electron chi connectivity index (χ0n) is 15.6. The highest BCUT2D eigenvalue weighted by atomic mass is 16.6. The Morgan fingerprint density at radius 2 is 1.76 bits per heavy atom. The largest absolute Gasteiger partial charge is 0.392 e. The van der Waals surface area contributed by atoms with Crippen molar-refractivity contribution in [1.82, 2.24) is 4.98 Å². The molecule has 29 heavy (non-hydrogen) atoms. The SMILES string of the molecule is Cc1c(CO)cc([N+](=O)[O-])c(NCCNc2ccc3ccccc3n2)c1[N+](=O)[O-]. The van der Waals surface area contributed by atoms with Gasteiger partial charge in [-0.15, -0.1) is 0 Å². The fourth-order valence-corrected chi connectivity index (χ4v) is 3.06. The third kappa shape index (κ3) is 4.22. The van der Waals surface area contributed by atoms with Crippen LogP contribution in [0.15, 0.2) is 42.5 Å². The smallest absolute Gasteiger partial charge is 0.302 e. The number of hydrogen-bond acceptors (Lipinski definition) is 8. The van der Waals surface area contributed by atoms with Crippen molar-refractivity contribution in [3.8, 4) is 0 Å². The van der Waals surface area contributed by atoms with Gasteiger partial charge in [0, 0.05) is 30.1 Å². The number of rotatable bonds is 8. The molecule has 0 unspecified atom stereocenters. The van der Waals surface area contributed by atoms with Crippen LogP contribution in [0.25, 0.3) is 10.9 Å². The van der Waals surface area contributed by atoms with Gasteiger partial charge in [0.15, 0.2) is 5.69 Å². The number of aromatic nitrogens is 1. The maximum Gasteiger partial charge on any atom is 0.302 e. The quantitative estimate of drug-likeness (QED) is 0.298. The van der Waals surface area contributed by atoms with Crippen LogP contribution >= 0.6 is 0 Å². The molecule has 3 N–H and O–H groups in total. The molecular weight excluding hydrogens is 378 g/mol. The topological polar surface area (TPSA) is 143 Å². The van der Waals surface area contributed by atoms with Gasteiger partial charge in [-0.2, -0.15) is 0 Å². The Hall–Kier alpha value is -3.79. The molecule has 1 aromatic heterocycles. The van der Waals surface area contributed by atoms with Gasteiger partial charge in [-0.05, 0) is 30.7 Å². The molecule has 0 saturated heterocycles. The van der Waals surface area contributed by atoms with Gasteiger partial charge in [-0.3, -0.25) is 20.2 Å². The average molecular weight is 397 g/mol. The molecule has 0 bridgehead atoms. The van der Waals surface area contributed by atoms with Gasteiger partial charge in [-0.25, -0.2) is 4.98 Å². The molecule has 150 valence electrons. The predicted octanol–water partition coefficient (Wildman–Crippen LogP) is 3.38. The first-order chi connectivity index (χ1) is 13.9. The van der Waals surface area contributed by atoms with Crippen molar-refractivity contribution >= 4 is 33.8 Å². The van der Waals surface area contributed by atoms with E-state index in [0.29, 0.717) is 12.4 Å². The second-order valence-corrected chi connectivity index (χ2v) is 6.32. The standard InChI is InChI=1S/C19H19N5O5/c1-12-14(11-25)10-16(23(26)27)18(19(12)24(28)29)21-9-8-20-17-7-6-13-4-2-3-5-15(13)22-17/h2-7,10,21,25H,8-9,11H2,1H3,(H,20,22). The maximum absolute atomic E-state index is 11.5. The van der Waals surface area contributed by atoms with E-state index in [4.69, 9.17) is 0 Å². The minimum absolute atomic E-state index is 0.146. The first-order valence-corrected chi connectivity index (χ1v) is 8.82. The lowest BCUT2D eigenvalue weighted by Gasteiger charge is -2.12. The van der Waals surface area contributed by atoms with Crippen molar-refractivity contribution < 1.29 is 15.0 Å². The van der Waals surface area contributed by atoms with Gasteiger partial charge < -0.3 is 15.7 Å². The number of benzene rings is 2. The fraction of sp³-hybridized carbons (Fsp3) is 0.211. The summed E-state index contributed by atoms with van der Waals surface area (Å²) in [5.74, 6) is 0.626. The summed E-state index contributed by atoms with van der Waals surface area (Å²) in [5.41, 5.74) is 0.124. The van der Waals surface area contributed by atoms with E-state index in [2.05, 4.69) is 15.6 Å². The van der Waals surface area contributed by atoms with E-state index >= 15 is 0 Å². The fourth-order valence-electron chi connectivity index (χ4n) is 3.06. The highest BCUT2D eigenvalue weighted by Gasteiger charge is 2.29. The highest BCUT2D eigenvalue weighted by molar-refractivity contribution is 5.80. The number of anilines is 2. The average Bonchev–Trinajstić information content (AvgIpc) is 2.70. The number of nitrogens with zero attached hydrogens (tertiary/aromatic N) is 3. The van der Waals surface area contributed by atoms with E-state index < -0.39 is 27.8 Å². The summed E-state index contributed by atoms with van der Waals surface area (Å²) in [6.45, 7) is 1.45. The monoisotopic (exact) mass is 397 g/mol. The van der Waals surface area contributed by atoms with E-state index in [0.717, 1.165) is 17.0 Å². The minimum atomic E-state index is -0.702. The Morgan fingerprint density at radius 3 is 2.45 bits per heavy atom. The number of nitro benzene ring substituents is 2. The third-order valence-corrected chi connectivity index (χ3v) is 4.52. The molecule has 0 spiro atoms. The highest BCUT2D eigenvalue weighted by Crippen LogP contribution is 2.39. The molecule has 10 nitrogen and oxygen atoms in total. The van der Waals surface area contributed by atoms with Crippen molar-refractivity contribution in [2.45, 2.75) is 13.5 Å². The van der Waals surface area contributed by atoms with Crippen molar-refractivity contribution in [2.75, 3.05) is 23.7 Å². The molecule has 0 aliphatic rings. The lowest BCUT2D eigenvalue weighted by Crippen LogP contribution is -2.16. The second kappa shape index (κ2) is 8.48. The van der Waals surface area contributed by atoms with Gasteiger partial charge >= 0.3 is 5.69 Å². The number of pyridine rings is 1.